The Labute approximate surface area is 87.6 Å². The molecule has 0 radical (unpaired) electrons. The molecule has 0 saturated heterocycles. The first kappa shape index (κ1) is 12.1. The molecule has 2 atom stereocenters. The highest BCUT2D eigenvalue weighted by Gasteiger charge is 2.11. The molecule has 6 nitrogen and oxygen atoms in total. The summed E-state index contributed by atoms with van der Waals surface area (Å²) in [4.78, 5) is 0. The van der Waals surface area contributed by atoms with Crippen molar-refractivity contribution in [2.75, 3.05) is 13.2 Å². The van der Waals surface area contributed by atoms with Crippen LogP contribution in [0.15, 0.2) is 18.7 Å². The maximum Gasteiger partial charge on any atom is 0.243 e. The summed E-state index contributed by atoms with van der Waals surface area (Å²) in [6.07, 6.45) is 3.58. The van der Waals surface area contributed by atoms with Gasteiger partial charge in [0.15, 0.2) is 0 Å². The van der Waals surface area contributed by atoms with Crippen LogP contribution in [0.3, 0.4) is 0 Å². The van der Waals surface area contributed by atoms with E-state index in [1.54, 1.807) is 27.9 Å². The van der Waals surface area contributed by atoms with Crippen molar-refractivity contribution in [1.82, 2.24) is 4.57 Å². The zero-order valence-electron chi connectivity index (χ0n) is 8.40. The van der Waals surface area contributed by atoms with Crippen molar-refractivity contribution < 1.29 is 25.0 Å². The number of nitrogens with zero attached hydrogens (tertiary/aromatic N) is 2. The summed E-state index contributed by atoms with van der Waals surface area (Å²) in [6, 6.07) is 0. The van der Waals surface area contributed by atoms with Crippen molar-refractivity contribution in [2.45, 2.75) is 25.3 Å². The smallest absolute Gasteiger partial charge is 0.243 e. The van der Waals surface area contributed by atoms with Crippen LogP contribution >= 0.6 is 0 Å². The largest absolute Gasteiger partial charge is 0.394 e. The summed E-state index contributed by atoms with van der Waals surface area (Å²) < 4.78 is 3.40. The standard InChI is InChI=1S/C9H17N2O4/c12-5-8(14)3-10-1-2-11(7-10)4-9(15)6-13/h1-2,7-9,12-15H,3-6H2/q+1. The maximum atomic E-state index is 9.18. The van der Waals surface area contributed by atoms with Crippen molar-refractivity contribution >= 4 is 0 Å². The molecule has 0 aliphatic heterocycles. The van der Waals surface area contributed by atoms with Crippen molar-refractivity contribution in [1.29, 1.82) is 0 Å². The summed E-state index contributed by atoms with van der Waals surface area (Å²) in [6.45, 7) is 0.0479. The van der Waals surface area contributed by atoms with Gasteiger partial charge in [-0.1, -0.05) is 0 Å². The minimum absolute atomic E-state index is 0.280. The van der Waals surface area contributed by atoms with Crippen LogP contribution in [0.1, 0.15) is 0 Å². The predicted molar refractivity (Wildman–Crippen MR) is 50.8 cm³/mol. The van der Waals surface area contributed by atoms with Gasteiger partial charge in [-0.15, -0.1) is 0 Å². The monoisotopic (exact) mass is 217 g/mol. The van der Waals surface area contributed by atoms with Gasteiger partial charge < -0.3 is 20.4 Å². The van der Waals surface area contributed by atoms with Crippen molar-refractivity contribution in [2.24, 2.45) is 0 Å². The summed E-state index contributed by atoms with van der Waals surface area (Å²) in [5.41, 5.74) is 0. The molecule has 0 saturated carbocycles. The van der Waals surface area contributed by atoms with E-state index in [4.69, 9.17) is 10.2 Å². The Balaban J connectivity index is 2.49. The van der Waals surface area contributed by atoms with Gasteiger partial charge in [-0.05, 0) is 0 Å². The fraction of sp³-hybridized carbons (Fsp3) is 0.667. The van der Waals surface area contributed by atoms with Crippen LogP contribution in [0.5, 0.6) is 0 Å². The van der Waals surface area contributed by atoms with E-state index >= 15 is 0 Å². The molecule has 1 aromatic heterocycles. The van der Waals surface area contributed by atoms with Crippen LogP contribution in [0.2, 0.25) is 0 Å². The molecule has 1 aromatic rings. The van der Waals surface area contributed by atoms with Crippen molar-refractivity contribution in [3.8, 4) is 0 Å². The Hall–Kier alpha value is -0.950. The third kappa shape index (κ3) is 3.96. The number of aromatic nitrogens is 2. The second kappa shape index (κ2) is 5.82. The summed E-state index contributed by atoms with van der Waals surface area (Å²) in [5, 5.41) is 35.6. The lowest BCUT2D eigenvalue weighted by Crippen LogP contribution is -2.39. The molecule has 0 bridgehead atoms. The van der Waals surface area contributed by atoms with Crippen LogP contribution in [-0.2, 0) is 13.1 Å². The molecule has 0 aromatic carbocycles. The van der Waals surface area contributed by atoms with E-state index in [1.165, 1.54) is 0 Å². The molecule has 15 heavy (non-hydrogen) atoms. The van der Waals surface area contributed by atoms with E-state index in [2.05, 4.69) is 0 Å². The first-order valence-corrected chi connectivity index (χ1v) is 4.78. The first-order valence-electron chi connectivity index (χ1n) is 4.78. The van der Waals surface area contributed by atoms with Crippen molar-refractivity contribution in [3.63, 3.8) is 0 Å². The number of aliphatic hydroxyl groups excluding tert-OH is 4. The highest BCUT2D eigenvalue weighted by Crippen LogP contribution is 1.91. The zero-order chi connectivity index (χ0) is 11.3. The van der Waals surface area contributed by atoms with Gasteiger partial charge in [0.05, 0.1) is 13.2 Å². The Morgan fingerprint density at radius 1 is 1.13 bits per heavy atom. The fourth-order valence-electron chi connectivity index (χ4n) is 1.26. The lowest BCUT2D eigenvalue weighted by atomic mass is 10.4. The van der Waals surface area contributed by atoms with E-state index in [0.717, 1.165) is 0 Å². The predicted octanol–water partition coefficient (Wildman–Crippen LogP) is -2.52. The zero-order valence-corrected chi connectivity index (χ0v) is 8.40. The molecular weight excluding hydrogens is 200 g/mol. The molecule has 1 rings (SSSR count). The molecule has 2 unspecified atom stereocenters. The highest BCUT2D eigenvalue weighted by atomic mass is 16.3. The van der Waals surface area contributed by atoms with Crippen LogP contribution in [-0.4, -0.2) is 50.4 Å². The molecule has 1 heterocycles. The normalized spacial score (nSPS) is 15.2. The Morgan fingerprint density at radius 2 is 1.80 bits per heavy atom. The Morgan fingerprint density at radius 3 is 2.40 bits per heavy atom. The van der Waals surface area contributed by atoms with Gasteiger partial charge in [0.25, 0.3) is 0 Å². The Bertz CT molecular complexity index is 263. The van der Waals surface area contributed by atoms with Gasteiger partial charge in [0.1, 0.15) is 37.7 Å². The average Bonchev–Trinajstić information content (AvgIpc) is 2.65. The van der Waals surface area contributed by atoms with Crippen molar-refractivity contribution in [3.05, 3.63) is 18.7 Å². The van der Waals surface area contributed by atoms with E-state index in [1.807, 2.05) is 0 Å². The molecule has 0 spiro atoms. The van der Waals surface area contributed by atoms with Crippen LogP contribution < -0.4 is 4.57 Å². The second-order valence-electron chi connectivity index (χ2n) is 3.48. The van der Waals surface area contributed by atoms with Gasteiger partial charge in [-0.3, -0.25) is 0 Å². The van der Waals surface area contributed by atoms with Gasteiger partial charge in [-0.2, -0.15) is 0 Å². The van der Waals surface area contributed by atoms with Gasteiger partial charge in [0, 0.05) is 0 Å². The lowest BCUT2D eigenvalue weighted by molar-refractivity contribution is -0.703. The number of imidazole rings is 1. The lowest BCUT2D eigenvalue weighted by Gasteiger charge is -2.03. The second-order valence-corrected chi connectivity index (χ2v) is 3.48. The minimum Gasteiger partial charge on any atom is -0.394 e. The maximum absolute atomic E-state index is 9.18. The van der Waals surface area contributed by atoms with E-state index in [9.17, 15) is 10.2 Å². The fourth-order valence-corrected chi connectivity index (χ4v) is 1.26. The summed E-state index contributed by atoms with van der Waals surface area (Å²) in [5.74, 6) is 0. The number of aliphatic hydroxyl groups is 4. The summed E-state index contributed by atoms with van der Waals surface area (Å²) in [7, 11) is 0. The SMILES string of the molecule is OCC(O)Cn1cc[n+](CC(O)CO)c1. The molecule has 4 N–H and O–H groups in total. The molecule has 0 aliphatic rings. The summed E-state index contributed by atoms with van der Waals surface area (Å²) >= 11 is 0. The van der Waals surface area contributed by atoms with Gasteiger partial charge >= 0.3 is 0 Å². The van der Waals surface area contributed by atoms with Gasteiger partial charge in [-0.25, -0.2) is 9.13 Å². The number of hydrogen-bond acceptors (Lipinski definition) is 4. The molecule has 86 valence electrons. The third-order valence-corrected chi connectivity index (χ3v) is 2.01. The van der Waals surface area contributed by atoms with Crippen LogP contribution in [0.4, 0.5) is 0 Å². The number of rotatable bonds is 6. The molecule has 0 amide bonds. The first-order chi connectivity index (χ1) is 7.15. The Kier molecular flexibility index (Phi) is 4.70. The van der Waals surface area contributed by atoms with E-state index < -0.39 is 12.2 Å². The van der Waals surface area contributed by atoms with Crippen LogP contribution in [0, 0.1) is 0 Å². The molecule has 0 aliphatic carbocycles. The highest BCUT2D eigenvalue weighted by molar-refractivity contribution is 4.69. The van der Waals surface area contributed by atoms with Gasteiger partial charge in [0.2, 0.25) is 6.33 Å². The molecule has 6 heteroatoms. The molecular formula is C9H17N2O4+. The third-order valence-electron chi connectivity index (χ3n) is 2.01. The average molecular weight is 217 g/mol. The quantitative estimate of drug-likeness (QED) is 0.396. The number of hydrogen-bond donors (Lipinski definition) is 4. The minimum atomic E-state index is -0.784. The van der Waals surface area contributed by atoms with E-state index in [-0.39, 0.29) is 13.2 Å². The van der Waals surface area contributed by atoms with Crippen LogP contribution in [0.25, 0.3) is 0 Å². The van der Waals surface area contributed by atoms with E-state index in [0.29, 0.717) is 13.1 Å². The topological polar surface area (TPSA) is 89.7 Å². The molecule has 0 fully saturated rings.